The molecule has 8 rings (SSSR count). The summed E-state index contributed by atoms with van der Waals surface area (Å²) in [5.41, 5.74) is 2.62. The third-order valence-corrected chi connectivity index (χ3v) is 9.08. The first-order valence-electron chi connectivity index (χ1n) is 18.3. The summed E-state index contributed by atoms with van der Waals surface area (Å²) in [7, 11) is 0. The number of aromatic nitrogens is 4. The van der Waals surface area contributed by atoms with Crippen molar-refractivity contribution in [1.82, 2.24) is 19.9 Å². The van der Waals surface area contributed by atoms with Crippen LogP contribution in [0.1, 0.15) is 13.7 Å². The number of fused-ring (bicyclic) bond motifs is 3. The van der Waals surface area contributed by atoms with Crippen molar-refractivity contribution in [1.29, 1.82) is 0 Å². The quantitative estimate of drug-likeness (QED) is 0.179. The predicted octanol–water partition coefficient (Wildman–Crippen LogP) is 8.96. The van der Waals surface area contributed by atoms with Gasteiger partial charge in [-0.3, -0.25) is 0 Å². The van der Waals surface area contributed by atoms with Crippen molar-refractivity contribution < 1.29 is 13.7 Å². The summed E-state index contributed by atoms with van der Waals surface area (Å²) < 4.78 is 87.1. The molecule has 0 spiro atoms. The van der Waals surface area contributed by atoms with Crippen LogP contribution in [0.15, 0.2) is 145 Å². The molecule has 43 heavy (non-hydrogen) atoms. The first-order valence-corrected chi connectivity index (χ1v) is 15.1. The zero-order valence-corrected chi connectivity index (χ0v) is 24.0. The summed E-state index contributed by atoms with van der Waals surface area (Å²) in [4.78, 5) is 18.8. The van der Waals surface area contributed by atoms with E-state index in [0.29, 0.717) is 32.9 Å². The first kappa shape index (κ1) is 17.0. The van der Waals surface area contributed by atoms with Gasteiger partial charge in [-0.2, -0.15) is 0 Å². The number of hydrogen-bond acceptors (Lipinski definition) is 4. The van der Waals surface area contributed by atoms with Gasteiger partial charge in [-0.25, -0.2) is 0 Å². The third kappa shape index (κ3) is 4.95. The van der Waals surface area contributed by atoms with Crippen LogP contribution in [0.4, 0.5) is 0 Å². The van der Waals surface area contributed by atoms with Gasteiger partial charge in [0.15, 0.2) is 0 Å². The summed E-state index contributed by atoms with van der Waals surface area (Å²) in [6.45, 7) is 0. The Balaban J connectivity index is 1.32. The molecule has 0 fully saturated rings. The fourth-order valence-electron chi connectivity index (χ4n) is 4.73. The van der Waals surface area contributed by atoms with Crippen molar-refractivity contribution in [2.45, 2.75) is 0 Å². The Labute approximate surface area is 269 Å². The second kappa shape index (κ2) is 10.9. The van der Waals surface area contributed by atoms with Crippen molar-refractivity contribution in [2.75, 3.05) is 0 Å². The van der Waals surface area contributed by atoms with Crippen LogP contribution in [0.3, 0.4) is 0 Å². The summed E-state index contributed by atoms with van der Waals surface area (Å²) >= 11 is -0.868. The SMILES string of the molecule is [2H]c1c([2H])c([2H])c(-c2nc3c([2H])c([2H])c4c([2H])c(-c5cccc(-c6nc(-c7ccccc7)nc(-c7ccccc7)n6)c5)c([2H])c([2H])c4c3[se]2)c([2H])c1[2H]. The summed E-state index contributed by atoms with van der Waals surface area (Å²) in [5, 5.41) is 0.131. The topological polar surface area (TPSA) is 51.6 Å². The number of nitrogens with zero attached hydrogens (tertiary/aromatic N) is 4. The van der Waals surface area contributed by atoms with E-state index in [0.717, 1.165) is 11.1 Å². The second-order valence-corrected chi connectivity index (χ2v) is 11.7. The van der Waals surface area contributed by atoms with Crippen LogP contribution in [0.2, 0.25) is 0 Å². The molecule has 8 aromatic rings. The minimum atomic E-state index is -0.868. The second-order valence-electron chi connectivity index (χ2n) is 9.57. The molecule has 0 amide bonds. The van der Waals surface area contributed by atoms with Crippen LogP contribution in [-0.4, -0.2) is 34.4 Å². The van der Waals surface area contributed by atoms with Gasteiger partial charge in [0.25, 0.3) is 0 Å². The molecule has 0 saturated heterocycles. The van der Waals surface area contributed by atoms with E-state index in [9.17, 15) is 2.74 Å². The van der Waals surface area contributed by atoms with Crippen LogP contribution in [0.25, 0.3) is 76.0 Å². The van der Waals surface area contributed by atoms with Gasteiger partial charge in [0.1, 0.15) is 0 Å². The van der Waals surface area contributed by atoms with Crippen molar-refractivity contribution in [2.24, 2.45) is 0 Å². The molecule has 2 aromatic heterocycles. The number of hydrogen-bond donors (Lipinski definition) is 0. The van der Waals surface area contributed by atoms with Crippen LogP contribution in [0.5, 0.6) is 0 Å². The Morgan fingerprint density at radius 2 is 1.12 bits per heavy atom. The predicted molar refractivity (Wildman–Crippen MR) is 177 cm³/mol. The maximum atomic E-state index is 9.34. The normalized spacial score (nSPS) is 14.5. The minimum absolute atomic E-state index is 0.00688. The zero-order valence-electron chi connectivity index (χ0n) is 32.3. The van der Waals surface area contributed by atoms with Crippen molar-refractivity contribution >= 4 is 35.1 Å². The molecule has 0 atom stereocenters. The van der Waals surface area contributed by atoms with E-state index in [2.05, 4.69) is 4.98 Å². The van der Waals surface area contributed by atoms with E-state index >= 15 is 0 Å². The molecule has 0 bridgehead atoms. The summed E-state index contributed by atoms with van der Waals surface area (Å²) in [6, 6.07) is 22.1. The van der Waals surface area contributed by atoms with E-state index in [1.165, 1.54) is 0 Å². The maximum absolute atomic E-state index is 9.34. The molecular formula is C38H24N4Se. The van der Waals surface area contributed by atoms with Gasteiger partial charge in [-0.1, -0.05) is 60.7 Å². The van der Waals surface area contributed by atoms with E-state index in [-0.39, 0.29) is 62.2 Å². The van der Waals surface area contributed by atoms with Crippen molar-refractivity contribution in [3.8, 4) is 55.4 Å². The first-order chi connectivity index (χ1) is 25.5. The molecular weight excluding hydrogens is 591 g/mol. The molecule has 4 nitrogen and oxygen atoms in total. The summed E-state index contributed by atoms with van der Waals surface area (Å²) in [6.07, 6.45) is 0. The Morgan fingerprint density at radius 3 is 1.81 bits per heavy atom. The van der Waals surface area contributed by atoms with E-state index in [4.69, 9.17) is 25.9 Å². The molecule has 6 aromatic carbocycles. The molecule has 0 saturated carbocycles. The van der Waals surface area contributed by atoms with Gasteiger partial charge in [0, 0.05) is 0 Å². The van der Waals surface area contributed by atoms with Gasteiger partial charge in [0.05, 0.1) is 0 Å². The van der Waals surface area contributed by atoms with E-state index in [1.807, 2.05) is 66.7 Å². The molecule has 202 valence electrons. The Bertz CT molecular complexity index is 2710. The zero-order chi connectivity index (χ0) is 37.3. The van der Waals surface area contributed by atoms with E-state index < -0.39 is 44.7 Å². The third-order valence-electron chi connectivity index (χ3n) is 6.80. The van der Waals surface area contributed by atoms with Crippen LogP contribution >= 0.6 is 0 Å². The van der Waals surface area contributed by atoms with Crippen LogP contribution < -0.4 is 0 Å². The molecule has 2 heterocycles. The van der Waals surface area contributed by atoms with Gasteiger partial charge in [-0.05, 0) is 0 Å². The van der Waals surface area contributed by atoms with Gasteiger partial charge < -0.3 is 0 Å². The molecule has 0 N–H and O–H groups in total. The van der Waals surface area contributed by atoms with Crippen LogP contribution in [-0.2, 0) is 0 Å². The Hall–Kier alpha value is -5.22. The number of benzene rings is 6. The monoisotopic (exact) mass is 626 g/mol. The van der Waals surface area contributed by atoms with Crippen molar-refractivity contribution in [3.63, 3.8) is 0 Å². The number of rotatable bonds is 5. The fraction of sp³-hybridized carbons (Fsp3) is 0. The Kier molecular flexibility index (Phi) is 4.31. The average molecular weight is 626 g/mol. The molecule has 0 unspecified atom stereocenters. The average Bonchev–Trinajstić information content (AvgIpc) is 3.62. The molecule has 5 heteroatoms. The van der Waals surface area contributed by atoms with Gasteiger partial charge in [0.2, 0.25) is 0 Å². The fourth-order valence-corrected chi connectivity index (χ4v) is 6.79. The van der Waals surface area contributed by atoms with Crippen LogP contribution in [0, 0.1) is 0 Å². The Morgan fingerprint density at radius 1 is 0.488 bits per heavy atom. The molecule has 0 radical (unpaired) electrons. The molecule has 0 aliphatic carbocycles. The molecule has 0 aliphatic heterocycles. The molecule has 0 aliphatic rings. The van der Waals surface area contributed by atoms with E-state index in [1.54, 1.807) is 18.2 Å². The standard InChI is InChI=1S/C38H24N4Se/c1-4-11-25(12-5-1)35-40-36(26-13-6-2-7-14-26)42-37(41-35)31-18-10-17-28(24-31)29-19-21-32-30(23-29)20-22-33-34(32)43-38(39-33)27-15-8-3-9-16-27/h1-24H/i3D,8D,9D,15D,16D,19D,20D,21D,22D,23D. The van der Waals surface area contributed by atoms with Gasteiger partial charge >= 0.3 is 209 Å². The van der Waals surface area contributed by atoms with Gasteiger partial charge in [-0.15, -0.1) is 0 Å². The summed E-state index contributed by atoms with van der Waals surface area (Å²) in [5.74, 6) is 1.28. The van der Waals surface area contributed by atoms with Crippen molar-refractivity contribution in [3.05, 3.63) is 145 Å².